The molecule has 0 saturated carbocycles. The molecule has 3 aromatic carbocycles. The third kappa shape index (κ3) is 2.74. The lowest BCUT2D eigenvalue weighted by atomic mass is 9.93. The zero-order valence-corrected chi connectivity index (χ0v) is 13.8. The van der Waals surface area contributed by atoms with Crippen LogP contribution in [0.15, 0.2) is 65.1 Å². The van der Waals surface area contributed by atoms with Crippen LogP contribution in [-0.2, 0) is 0 Å². The molecule has 21 heavy (non-hydrogen) atoms. The third-order valence-electron chi connectivity index (χ3n) is 3.95. The van der Waals surface area contributed by atoms with Gasteiger partial charge in [-0.1, -0.05) is 70.5 Å². The Kier molecular flexibility index (Phi) is 4.09. The number of hydrogen-bond donors (Lipinski definition) is 1. The van der Waals surface area contributed by atoms with Gasteiger partial charge in [0.05, 0.1) is 6.04 Å². The average molecular weight is 340 g/mol. The van der Waals surface area contributed by atoms with Crippen LogP contribution >= 0.6 is 15.9 Å². The van der Waals surface area contributed by atoms with Gasteiger partial charge < -0.3 is 5.32 Å². The quantitative estimate of drug-likeness (QED) is 0.689. The predicted molar refractivity (Wildman–Crippen MR) is 93.7 cm³/mol. The Morgan fingerprint density at radius 2 is 1.71 bits per heavy atom. The van der Waals surface area contributed by atoms with Crippen LogP contribution in [0.5, 0.6) is 0 Å². The van der Waals surface area contributed by atoms with Crippen molar-refractivity contribution in [1.82, 2.24) is 5.32 Å². The topological polar surface area (TPSA) is 12.0 Å². The molecular weight excluding hydrogens is 322 g/mol. The predicted octanol–water partition coefficient (Wildman–Crippen LogP) is 5.22. The lowest BCUT2D eigenvalue weighted by molar-refractivity contribution is 0.696. The molecule has 3 aromatic rings. The lowest BCUT2D eigenvalue weighted by Crippen LogP contribution is -2.18. The first-order chi connectivity index (χ1) is 10.2. The van der Waals surface area contributed by atoms with Crippen LogP contribution in [0.1, 0.15) is 22.7 Å². The standard InChI is InChI=1S/C19H18BrN/c1-13-10-11-15(12-18(13)20)19(21-2)17-9-5-7-14-6-3-4-8-16(14)17/h3-12,19,21H,1-2H3. The molecule has 0 aromatic heterocycles. The minimum Gasteiger partial charge on any atom is -0.309 e. The van der Waals surface area contributed by atoms with Crippen LogP contribution in [-0.4, -0.2) is 7.05 Å². The molecule has 0 fully saturated rings. The summed E-state index contributed by atoms with van der Waals surface area (Å²) in [5.74, 6) is 0. The first-order valence-electron chi connectivity index (χ1n) is 7.11. The number of rotatable bonds is 3. The average Bonchev–Trinajstić information content (AvgIpc) is 2.52. The van der Waals surface area contributed by atoms with Gasteiger partial charge in [-0.15, -0.1) is 0 Å². The van der Waals surface area contributed by atoms with Crippen LogP contribution < -0.4 is 5.32 Å². The third-order valence-corrected chi connectivity index (χ3v) is 4.81. The Balaban J connectivity index is 2.16. The second-order valence-electron chi connectivity index (χ2n) is 5.30. The fraction of sp³-hybridized carbons (Fsp3) is 0.158. The van der Waals surface area contributed by atoms with Gasteiger partial charge in [-0.2, -0.15) is 0 Å². The van der Waals surface area contributed by atoms with Gasteiger partial charge in [-0.25, -0.2) is 0 Å². The normalized spacial score (nSPS) is 12.5. The van der Waals surface area contributed by atoms with Crippen molar-refractivity contribution < 1.29 is 0 Å². The fourth-order valence-electron chi connectivity index (χ4n) is 2.79. The molecule has 1 unspecified atom stereocenters. The minimum absolute atomic E-state index is 0.188. The van der Waals surface area contributed by atoms with Crippen molar-refractivity contribution in [2.24, 2.45) is 0 Å². The highest BCUT2D eigenvalue weighted by molar-refractivity contribution is 9.10. The molecule has 0 saturated heterocycles. The van der Waals surface area contributed by atoms with Gasteiger partial charge in [0.25, 0.3) is 0 Å². The van der Waals surface area contributed by atoms with Crippen LogP contribution in [0.4, 0.5) is 0 Å². The maximum Gasteiger partial charge on any atom is 0.0580 e. The molecule has 0 aliphatic rings. The summed E-state index contributed by atoms with van der Waals surface area (Å²) in [5, 5.41) is 6.03. The molecular formula is C19H18BrN. The van der Waals surface area contributed by atoms with Gasteiger partial charge in [-0.3, -0.25) is 0 Å². The Morgan fingerprint density at radius 1 is 0.952 bits per heavy atom. The van der Waals surface area contributed by atoms with Crippen molar-refractivity contribution in [3.63, 3.8) is 0 Å². The number of fused-ring (bicyclic) bond motifs is 1. The van der Waals surface area contributed by atoms with E-state index < -0.39 is 0 Å². The van der Waals surface area contributed by atoms with Crippen molar-refractivity contribution in [2.45, 2.75) is 13.0 Å². The van der Waals surface area contributed by atoms with Gasteiger partial charge in [0.2, 0.25) is 0 Å². The number of benzene rings is 3. The molecule has 0 aliphatic heterocycles. The highest BCUT2D eigenvalue weighted by Crippen LogP contribution is 2.30. The zero-order valence-electron chi connectivity index (χ0n) is 12.2. The fourth-order valence-corrected chi connectivity index (χ4v) is 3.19. The van der Waals surface area contributed by atoms with E-state index in [-0.39, 0.29) is 6.04 Å². The molecule has 2 heteroatoms. The summed E-state index contributed by atoms with van der Waals surface area (Å²) in [6, 6.07) is 21.8. The monoisotopic (exact) mass is 339 g/mol. The largest absolute Gasteiger partial charge is 0.309 e. The second kappa shape index (κ2) is 6.00. The molecule has 0 aliphatic carbocycles. The highest BCUT2D eigenvalue weighted by Gasteiger charge is 2.15. The number of halogens is 1. The van der Waals surface area contributed by atoms with Gasteiger partial charge in [0.15, 0.2) is 0 Å². The number of aryl methyl sites for hydroxylation is 1. The molecule has 0 heterocycles. The van der Waals surface area contributed by atoms with Crippen LogP contribution in [0, 0.1) is 6.92 Å². The summed E-state index contributed by atoms with van der Waals surface area (Å²) in [6.07, 6.45) is 0. The first kappa shape index (κ1) is 14.3. The van der Waals surface area contributed by atoms with E-state index in [1.807, 2.05) is 7.05 Å². The summed E-state index contributed by atoms with van der Waals surface area (Å²) >= 11 is 3.64. The molecule has 0 amide bonds. The van der Waals surface area contributed by atoms with E-state index in [0.717, 1.165) is 4.47 Å². The van der Waals surface area contributed by atoms with Gasteiger partial charge in [0, 0.05) is 4.47 Å². The Bertz CT molecular complexity index is 774. The van der Waals surface area contributed by atoms with E-state index in [1.165, 1.54) is 27.5 Å². The summed E-state index contributed by atoms with van der Waals surface area (Å²) in [6.45, 7) is 2.11. The molecule has 0 spiro atoms. The van der Waals surface area contributed by atoms with E-state index in [4.69, 9.17) is 0 Å². The maximum absolute atomic E-state index is 3.64. The van der Waals surface area contributed by atoms with E-state index >= 15 is 0 Å². The summed E-state index contributed by atoms with van der Waals surface area (Å²) in [5.41, 5.74) is 3.84. The lowest BCUT2D eigenvalue weighted by Gasteiger charge is -2.20. The molecule has 1 atom stereocenters. The van der Waals surface area contributed by atoms with Crippen LogP contribution in [0.3, 0.4) is 0 Å². The number of hydrogen-bond acceptors (Lipinski definition) is 1. The zero-order chi connectivity index (χ0) is 14.8. The second-order valence-corrected chi connectivity index (χ2v) is 6.15. The van der Waals surface area contributed by atoms with Crippen molar-refractivity contribution in [3.05, 3.63) is 81.8 Å². The van der Waals surface area contributed by atoms with Gasteiger partial charge in [-0.05, 0) is 47.5 Å². The smallest absolute Gasteiger partial charge is 0.0580 e. The van der Waals surface area contributed by atoms with Crippen molar-refractivity contribution in [2.75, 3.05) is 7.05 Å². The molecule has 106 valence electrons. The first-order valence-corrected chi connectivity index (χ1v) is 7.91. The van der Waals surface area contributed by atoms with Crippen LogP contribution in [0.25, 0.3) is 10.8 Å². The van der Waals surface area contributed by atoms with E-state index in [1.54, 1.807) is 0 Å². The SMILES string of the molecule is CNC(c1ccc(C)c(Br)c1)c1cccc2ccccc12. The highest BCUT2D eigenvalue weighted by atomic mass is 79.9. The molecule has 0 bridgehead atoms. The van der Waals surface area contributed by atoms with E-state index in [0.29, 0.717) is 0 Å². The molecule has 0 radical (unpaired) electrons. The van der Waals surface area contributed by atoms with Crippen molar-refractivity contribution >= 4 is 26.7 Å². The van der Waals surface area contributed by atoms with Crippen LogP contribution in [0.2, 0.25) is 0 Å². The number of nitrogens with one attached hydrogen (secondary N) is 1. The Hall–Kier alpha value is -1.64. The van der Waals surface area contributed by atoms with Crippen molar-refractivity contribution in [1.29, 1.82) is 0 Å². The van der Waals surface area contributed by atoms with Gasteiger partial charge >= 0.3 is 0 Å². The summed E-state index contributed by atoms with van der Waals surface area (Å²) < 4.78 is 1.15. The molecule has 3 rings (SSSR count). The molecule has 1 N–H and O–H groups in total. The van der Waals surface area contributed by atoms with Gasteiger partial charge in [0.1, 0.15) is 0 Å². The Labute approximate surface area is 134 Å². The Morgan fingerprint density at radius 3 is 2.48 bits per heavy atom. The van der Waals surface area contributed by atoms with E-state index in [9.17, 15) is 0 Å². The molecule has 1 nitrogen and oxygen atoms in total. The summed E-state index contributed by atoms with van der Waals surface area (Å²) in [4.78, 5) is 0. The maximum atomic E-state index is 3.64. The summed E-state index contributed by atoms with van der Waals surface area (Å²) in [7, 11) is 2.01. The minimum atomic E-state index is 0.188. The van der Waals surface area contributed by atoms with Crippen molar-refractivity contribution in [3.8, 4) is 0 Å². The van der Waals surface area contributed by atoms with E-state index in [2.05, 4.69) is 88.8 Å².